The van der Waals surface area contributed by atoms with E-state index >= 15 is 0 Å². The Balaban J connectivity index is 2.41. The first-order valence-corrected chi connectivity index (χ1v) is 6.11. The van der Waals surface area contributed by atoms with E-state index in [2.05, 4.69) is 26.0 Å². The first kappa shape index (κ1) is 14.7. The van der Waals surface area contributed by atoms with Crippen LogP contribution >= 0.6 is 15.9 Å². The lowest BCUT2D eigenvalue weighted by Crippen LogP contribution is -2.34. The van der Waals surface area contributed by atoms with E-state index in [0.717, 1.165) is 10.2 Å². The monoisotopic (exact) mass is 314 g/mol. The van der Waals surface area contributed by atoms with E-state index in [1.165, 1.54) is 7.11 Å². The van der Waals surface area contributed by atoms with Gasteiger partial charge in [-0.2, -0.15) is 0 Å². The third kappa shape index (κ3) is 5.29. The predicted octanol–water partition coefficient (Wildman–Crippen LogP) is 1.49. The smallest absolute Gasteiger partial charge is 0.319 e. The highest BCUT2D eigenvalue weighted by molar-refractivity contribution is 9.10. The number of esters is 1. The number of anilines is 1. The van der Waals surface area contributed by atoms with E-state index in [1.807, 2.05) is 12.1 Å². The van der Waals surface area contributed by atoms with Crippen molar-refractivity contribution in [3.05, 3.63) is 28.7 Å². The zero-order valence-electron chi connectivity index (χ0n) is 10.3. The highest BCUT2D eigenvalue weighted by Crippen LogP contribution is 2.13. The van der Waals surface area contributed by atoms with Gasteiger partial charge in [-0.25, -0.2) is 0 Å². The predicted molar refractivity (Wildman–Crippen MR) is 72.3 cm³/mol. The molecular formula is C12H15BrN2O3. The number of carbonyl (C=O) groups is 2. The van der Waals surface area contributed by atoms with E-state index in [9.17, 15) is 9.59 Å². The van der Waals surface area contributed by atoms with Crippen LogP contribution in [0.15, 0.2) is 28.7 Å². The molecule has 1 N–H and O–H groups in total. The third-order valence-electron chi connectivity index (χ3n) is 2.17. The second-order valence-electron chi connectivity index (χ2n) is 3.80. The molecule has 0 unspecified atom stereocenters. The number of rotatable bonds is 5. The van der Waals surface area contributed by atoms with Crippen LogP contribution in [0.4, 0.5) is 5.69 Å². The van der Waals surface area contributed by atoms with Gasteiger partial charge in [-0.15, -0.1) is 0 Å². The lowest BCUT2D eigenvalue weighted by molar-refractivity contribution is -0.141. The van der Waals surface area contributed by atoms with Crippen LogP contribution in [0.2, 0.25) is 0 Å². The number of carbonyl (C=O) groups excluding carboxylic acids is 2. The van der Waals surface area contributed by atoms with Gasteiger partial charge >= 0.3 is 5.97 Å². The Bertz CT molecular complexity index is 420. The van der Waals surface area contributed by atoms with Gasteiger partial charge in [-0.3, -0.25) is 14.5 Å². The molecule has 0 aliphatic carbocycles. The highest BCUT2D eigenvalue weighted by atomic mass is 79.9. The molecule has 0 radical (unpaired) electrons. The minimum absolute atomic E-state index is 0.0876. The van der Waals surface area contributed by atoms with Crippen LogP contribution in [0, 0.1) is 0 Å². The number of amides is 1. The Kier molecular flexibility index (Phi) is 5.80. The number of methoxy groups -OCH3 is 1. The Labute approximate surface area is 114 Å². The molecule has 0 fully saturated rings. The van der Waals surface area contributed by atoms with Gasteiger partial charge in [-0.1, -0.05) is 15.9 Å². The quantitative estimate of drug-likeness (QED) is 0.837. The molecule has 0 saturated heterocycles. The lowest BCUT2D eigenvalue weighted by Gasteiger charge is -2.14. The molecular weight excluding hydrogens is 300 g/mol. The van der Waals surface area contributed by atoms with Crippen LogP contribution in [-0.4, -0.2) is 44.0 Å². The van der Waals surface area contributed by atoms with Gasteiger partial charge in [-0.05, 0) is 31.3 Å². The van der Waals surface area contributed by atoms with Gasteiger partial charge < -0.3 is 10.1 Å². The van der Waals surface area contributed by atoms with Gasteiger partial charge in [0.15, 0.2) is 0 Å². The van der Waals surface area contributed by atoms with Gasteiger partial charge in [0.25, 0.3) is 0 Å². The number of nitrogens with zero attached hydrogens (tertiary/aromatic N) is 1. The van der Waals surface area contributed by atoms with E-state index in [-0.39, 0.29) is 25.0 Å². The normalized spacial score (nSPS) is 10.2. The zero-order chi connectivity index (χ0) is 13.5. The number of halogens is 1. The fraction of sp³-hybridized carbons (Fsp3) is 0.333. The second kappa shape index (κ2) is 7.13. The molecule has 0 atom stereocenters. The molecule has 5 nitrogen and oxygen atoms in total. The minimum Gasteiger partial charge on any atom is -0.468 e. The summed E-state index contributed by atoms with van der Waals surface area (Å²) in [5, 5.41) is 2.74. The fourth-order valence-electron chi connectivity index (χ4n) is 1.32. The first-order valence-electron chi connectivity index (χ1n) is 5.32. The molecule has 0 aromatic heterocycles. The first-order chi connectivity index (χ1) is 8.51. The summed E-state index contributed by atoms with van der Waals surface area (Å²) in [6.07, 6.45) is 0. The van der Waals surface area contributed by atoms with Gasteiger partial charge in [0, 0.05) is 10.2 Å². The van der Waals surface area contributed by atoms with Crippen molar-refractivity contribution in [3.8, 4) is 0 Å². The lowest BCUT2D eigenvalue weighted by atomic mass is 10.3. The van der Waals surface area contributed by atoms with Crippen molar-refractivity contribution >= 4 is 33.5 Å². The van der Waals surface area contributed by atoms with Crippen LogP contribution in [0.5, 0.6) is 0 Å². The van der Waals surface area contributed by atoms with Crippen molar-refractivity contribution in [2.24, 2.45) is 0 Å². The number of ether oxygens (including phenoxy) is 1. The van der Waals surface area contributed by atoms with Crippen LogP contribution < -0.4 is 5.32 Å². The van der Waals surface area contributed by atoms with Crippen molar-refractivity contribution in [1.29, 1.82) is 0 Å². The van der Waals surface area contributed by atoms with Gasteiger partial charge in [0.2, 0.25) is 5.91 Å². The summed E-state index contributed by atoms with van der Waals surface area (Å²) in [7, 11) is 3.00. The maximum absolute atomic E-state index is 11.7. The molecule has 0 heterocycles. The summed E-state index contributed by atoms with van der Waals surface area (Å²) in [6.45, 7) is 0.218. The summed E-state index contributed by atoms with van der Waals surface area (Å²) < 4.78 is 5.46. The van der Waals surface area contributed by atoms with Crippen LogP contribution in [0.25, 0.3) is 0 Å². The molecule has 98 valence electrons. The van der Waals surface area contributed by atoms with Gasteiger partial charge in [0.05, 0.1) is 20.2 Å². The molecule has 18 heavy (non-hydrogen) atoms. The standard InChI is InChI=1S/C12H15BrN2O3/c1-15(8-12(17)18-2)7-11(16)14-10-5-3-9(13)4-6-10/h3-6H,7-8H2,1-2H3,(H,14,16). The fourth-order valence-corrected chi connectivity index (χ4v) is 1.58. The summed E-state index contributed by atoms with van der Waals surface area (Å²) in [6, 6.07) is 7.27. The third-order valence-corrected chi connectivity index (χ3v) is 2.70. The highest BCUT2D eigenvalue weighted by Gasteiger charge is 2.10. The van der Waals surface area contributed by atoms with E-state index in [0.29, 0.717) is 0 Å². The SMILES string of the molecule is COC(=O)CN(C)CC(=O)Nc1ccc(Br)cc1. The largest absolute Gasteiger partial charge is 0.468 e. The van der Waals surface area contributed by atoms with Crippen molar-refractivity contribution in [2.45, 2.75) is 0 Å². The topological polar surface area (TPSA) is 58.6 Å². The molecule has 0 bridgehead atoms. The number of nitrogens with one attached hydrogen (secondary N) is 1. The number of benzene rings is 1. The van der Waals surface area contributed by atoms with Crippen molar-refractivity contribution < 1.29 is 14.3 Å². The minimum atomic E-state index is -0.367. The molecule has 0 saturated carbocycles. The Morgan fingerprint density at radius 3 is 2.44 bits per heavy atom. The maximum Gasteiger partial charge on any atom is 0.319 e. The number of hydrogen-bond donors (Lipinski definition) is 1. The molecule has 0 spiro atoms. The average molecular weight is 315 g/mol. The summed E-state index contributed by atoms with van der Waals surface area (Å²) >= 11 is 3.31. The van der Waals surface area contributed by atoms with E-state index in [4.69, 9.17) is 0 Å². The van der Waals surface area contributed by atoms with Gasteiger partial charge in [0.1, 0.15) is 0 Å². The number of likely N-dealkylation sites (N-methyl/N-ethyl adjacent to an activating group) is 1. The van der Waals surface area contributed by atoms with Crippen molar-refractivity contribution in [2.75, 3.05) is 32.6 Å². The van der Waals surface area contributed by atoms with Crippen molar-refractivity contribution in [1.82, 2.24) is 4.90 Å². The van der Waals surface area contributed by atoms with E-state index < -0.39 is 0 Å². The average Bonchev–Trinajstić information content (AvgIpc) is 2.31. The maximum atomic E-state index is 11.7. The molecule has 1 aromatic rings. The Morgan fingerprint density at radius 2 is 1.89 bits per heavy atom. The molecule has 1 rings (SSSR count). The van der Waals surface area contributed by atoms with Crippen molar-refractivity contribution in [3.63, 3.8) is 0 Å². The van der Waals surface area contributed by atoms with E-state index in [1.54, 1.807) is 24.1 Å². The Hall–Kier alpha value is -1.40. The second-order valence-corrected chi connectivity index (χ2v) is 4.72. The zero-order valence-corrected chi connectivity index (χ0v) is 11.9. The van der Waals surface area contributed by atoms with Crippen LogP contribution in [0.3, 0.4) is 0 Å². The summed E-state index contributed by atoms with van der Waals surface area (Å²) in [5.74, 6) is -0.544. The number of hydrogen-bond acceptors (Lipinski definition) is 4. The molecule has 0 aliphatic heterocycles. The van der Waals surface area contributed by atoms with Crippen LogP contribution in [0.1, 0.15) is 0 Å². The summed E-state index contributed by atoms with van der Waals surface area (Å²) in [4.78, 5) is 24.2. The Morgan fingerprint density at radius 1 is 1.28 bits per heavy atom. The molecule has 6 heteroatoms. The van der Waals surface area contributed by atoms with Crippen LogP contribution in [-0.2, 0) is 14.3 Å². The summed E-state index contributed by atoms with van der Waals surface area (Å²) in [5.41, 5.74) is 0.717. The molecule has 1 amide bonds. The molecule has 1 aromatic carbocycles. The molecule has 0 aliphatic rings.